The van der Waals surface area contributed by atoms with Crippen molar-refractivity contribution in [3.63, 3.8) is 0 Å². The van der Waals surface area contributed by atoms with E-state index in [1.807, 2.05) is 0 Å². The van der Waals surface area contributed by atoms with Crippen LogP contribution in [0, 0.1) is 17.2 Å². The van der Waals surface area contributed by atoms with E-state index < -0.39 is 65.8 Å². The van der Waals surface area contributed by atoms with Crippen molar-refractivity contribution in [1.82, 2.24) is 4.90 Å². The molecule has 0 unspecified atom stereocenters. The molecule has 2 aliphatic heterocycles. The van der Waals surface area contributed by atoms with E-state index in [0.717, 1.165) is 12.1 Å². The van der Waals surface area contributed by atoms with Gasteiger partial charge in [0.05, 0.1) is 23.7 Å². The Hall–Kier alpha value is -3.01. The van der Waals surface area contributed by atoms with Gasteiger partial charge in [-0.1, -0.05) is 0 Å². The van der Waals surface area contributed by atoms with Crippen LogP contribution in [0.5, 0.6) is 0 Å². The predicted octanol–water partition coefficient (Wildman–Crippen LogP) is 2.39. The molecule has 1 aromatic rings. The van der Waals surface area contributed by atoms with Crippen LogP contribution in [0.25, 0.3) is 0 Å². The summed E-state index contributed by atoms with van der Waals surface area (Å²) < 4.78 is 85.4. The summed E-state index contributed by atoms with van der Waals surface area (Å²) in [4.78, 5) is 25.7. The van der Waals surface area contributed by atoms with Crippen molar-refractivity contribution < 1.29 is 40.7 Å². The highest BCUT2D eigenvalue weighted by molar-refractivity contribution is 5.83. The van der Waals surface area contributed by atoms with Crippen LogP contribution in [0.15, 0.2) is 18.2 Å². The van der Waals surface area contributed by atoms with Gasteiger partial charge in [0.1, 0.15) is 0 Å². The third kappa shape index (κ3) is 4.74. The van der Waals surface area contributed by atoms with Gasteiger partial charge in [-0.2, -0.15) is 31.6 Å². The second-order valence-corrected chi connectivity index (χ2v) is 7.51. The zero-order valence-corrected chi connectivity index (χ0v) is 16.4. The molecule has 2 saturated heterocycles. The summed E-state index contributed by atoms with van der Waals surface area (Å²) in [6.07, 6.45) is -13.7. The third-order valence-corrected chi connectivity index (χ3v) is 5.46. The molecule has 13 heteroatoms. The van der Waals surface area contributed by atoms with Crippen LogP contribution in [0.4, 0.5) is 32.0 Å². The molecule has 0 aliphatic carbocycles. The molecule has 2 fully saturated rings. The molecule has 2 atom stereocenters. The number of nitriles is 1. The molecule has 174 valence electrons. The maximum Gasteiger partial charge on any atom is 0.433 e. The minimum Gasteiger partial charge on any atom is -0.369 e. The lowest BCUT2D eigenvalue weighted by molar-refractivity contribution is -0.215. The Kier molecular flexibility index (Phi) is 6.28. The van der Waals surface area contributed by atoms with E-state index in [1.54, 1.807) is 0 Å². The van der Waals surface area contributed by atoms with Crippen LogP contribution in [-0.4, -0.2) is 54.9 Å². The molecule has 0 spiro atoms. The first-order chi connectivity index (χ1) is 14.8. The van der Waals surface area contributed by atoms with Gasteiger partial charge in [-0.25, -0.2) is 0 Å². The number of alkyl halides is 6. The number of primary amides is 1. The average molecular weight is 464 g/mol. The van der Waals surface area contributed by atoms with E-state index in [-0.39, 0.29) is 25.9 Å². The maximum atomic E-state index is 13.6. The fraction of sp³-hybridized carbons (Fsp3) is 0.526. The van der Waals surface area contributed by atoms with Gasteiger partial charge in [-0.15, -0.1) is 0 Å². The van der Waals surface area contributed by atoms with Gasteiger partial charge < -0.3 is 20.3 Å². The summed E-state index contributed by atoms with van der Waals surface area (Å²) in [7, 11) is 0. The van der Waals surface area contributed by atoms with Crippen molar-refractivity contribution in [1.29, 1.82) is 5.26 Å². The topological polar surface area (TPSA) is 99.7 Å². The van der Waals surface area contributed by atoms with Crippen molar-refractivity contribution in [3.8, 4) is 6.07 Å². The molecule has 2 N–H and O–H groups in total. The zero-order valence-electron chi connectivity index (χ0n) is 16.4. The summed E-state index contributed by atoms with van der Waals surface area (Å²) in [5.74, 6) is -1.73. The lowest BCUT2D eigenvalue weighted by atomic mass is 9.96. The lowest BCUT2D eigenvalue weighted by Crippen LogP contribution is -2.46. The SMILES string of the molecule is N#Cc1ccc(N2C[C@@H](C(=O)N3CCC(C(N)=O)CC3)O[C@@H]2C(F)(F)F)cc1C(F)(F)F. The van der Waals surface area contributed by atoms with Crippen molar-refractivity contribution in [3.05, 3.63) is 29.3 Å². The van der Waals surface area contributed by atoms with Crippen LogP contribution in [-0.2, 0) is 20.5 Å². The summed E-state index contributed by atoms with van der Waals surface area (Å²) in [5, 5.41) is 8.88. The molecule has 2 aliphatic rings. The number of benzene rings is 1. The van der Waals surface area contributed by atoms with Crippen LogP contribution in [0.3, 0.4) is 0 Å². The van der Waals surface area contributed by atoms with Crippen LogP contribution in [0.1, 0.15) is 24.0 Å². The van der Waals surface area contributed by atoms with E-state index >= 15 is 0 Å². The zero-order chi connectivity index (χ0) is 23.8. The first kappa shape index (κ1) is 23.6. The van der Waals surface area contributed by atoms with E-state index in [0.29, 0.717) is 11.0 Å². The number of likely N-dealkylation sites (tertiary alicyclic amines) is 1. The van der Waals surface area contributed by atoms with Crippen LogP contribution in [0.2, 0.25) is 0 Å². The Morgan fingerprint density at radius 2 is 1.75 bits per heavy atom. The molecule has 3 rings (SSSR count). The smallest absolute Gasteiger partial charge is 0.369 e. The maximum absolute atomic E-state index is 13.6. The van der Waals surface area contributed by atoms with E-state index in [1.165, 1.54) is 11.0 Å². The van der Waals surface area contributed by atoms with E-state index in [4.69, 9.17) is 15.7 Å². The van der Waals surface area contributed by atoms with Crippen molar-refractivity contribution in [2.75, 3.05) is 24.5 Å². The molecule has 0 bridgehead atoms. The molecule has 32 heavy (non-hydrogen) atoms. The minimum absolute atomic E-state index is 0.0953. The number of carbonyl (C=O) groups excluding carboxylic acids is 2. The number of anilines is 1. The molecular formula is C19H18F6N4O3. The molecule has 1 aromatic carbocycles. The average Bonchev–Trinajstić information content (AvgIpc) is 3.18. The lowest BCUT2D eigenvalue weighted by Gasteiger charge is -2.31. The normalized spacial score (nSPS) is 22.7. The number of ether oxygens (including phenoxy) is 1. The van der Waals surface area contributed by atoms with Crippen molar-refractivity contribution in [2.24, 2.45) is 11.7 Å². The van der Waals surface area contributed by atoms with E-state index in [2.05, 4.69) is 0 Å². The molecule has 2 amide bonds. The fourth-order valence-electron chi connectivity index (χ4n) is 3.81. The number of rotatable bonds is 3. The number of hydrogen-bond donors (Lipinski definition) is 1. The van der Waals surface area contributed by atoms with E-state index in [9.17, 15) is 35.9 Å². The monoisotopic (exact) mass is 464 g/mol. The summed E-state index contributed by atoms with van der Waals surface area (Å²) in [6, 6.07) is 3.51. The molecule has 0 saturated carbocycles. The Morgan fingerprint density at radius 3 is 2.25 bits per heavy atom. The molecule has 0 radical (unpaired) electrons. The van der Waals surface area contributed by atoms with Gasteiger partial charge >= 0.3 is 12.4 Å². The molecule has 0 aromatic heterocycles. The number of halogens is 6. The Balaban J connectivity index is 1.85. The second kappa shape index (κ2) is 8.50. The third-order valence-electron chi connectivity index (χ3n) is 5.46. The first-order valence-electron chi connectivity index (χ1n) is 9.51. The Labute approximate surface area is 178 Å². The number of piperidine rings is 1. The van der Waals surface area contributed by atoms with Crippen LogP contribution < -0.4 is 10.6 Å². The van der Waals surface area contributed by atoms with Crippen molar-refractivity contribution >= 4 is 17.5 Å². The highest BCUT2D eigenvalue weighted by atomic mass is 19.4. The number of nitrogens with zero attached hydrogens (tertiary/aromatic N) is 3. The highest BCUT2D eigenvalue weighted by Gasteiger charge is 2.53. The minimum atomic E-state index is -5.00. The van der Waals surface area contributed by atoms with Gasteiger partial charge in [0.25, 0.3) is 5.91 Å². The Bertz CT molecular complexity index is 934. The number of carbonyl (C=O) groups is 2. The highest BCUT2D eigenvalue weighted by Crippen LogP contribution is 2.39. The molecular weight excluding hydrogens is 446 g/mol. The predicted molar refractivity (Wildman–Crippen MR) is 96.7 cm³/mol. The largest absolute Gasteiger partial charge is 0.433 e. The van der Waals surface area contributed by atoms with Gasteiger partial charge in [-0.05, 0) is 31.0 Å². The van der Waals surface area contributed by atoms with Gasteiger partial charge in [0.15, 0.2) is 6.10 Å². The quantitative estimate of drug-likeness (QED) is 0.693. The second-order valence-electron chi connectivity index (χ2n) is 7.51. The van der Waals surface area contributed by atoms with Gasteiger partial charge in [0.2, 0.25) is 12.1 Å². The van der Waals surface area contributed by atoms with Crippen molar-refractivity contribution in [2.45, 2.75) is 37.5 Å². The fourth-order valence-corrected chi connectivity index (χ4v) is 3.81. The van der Waals surface area contributed by atoms with Crippen LogP contribution >= 0.6 is 0 Å². The van der Waals surface area contributed by atoms with Gasteiger partial charge in [-0.3, -0.25) is 9.59 Å². The van der Waals surface area contributed by atoms with Gasteiger partial charge in [0, 0.05) is 24.7 Å². The summed E-state index contributed by atoms with van der Waals surface area (Å²) >= 11 is 0. The first-order valence-corrected chi connectivity index (χ1v) is 9.51. The molecule has 7 nitrogen and oxygen atoms in total. The number of amides is 2. The summed E-state index contributed by atoms with van der Waals surface area (Å²) in [5.41, 5.74) is 2.61. The standard InChI is InChI=1S/C19H18F6N4O3/c20-18(21,22)13-7-12(2-1-11(13)8-26)29-9-14(32-17(29)19(23,24)25)16(31)28-5-3-10(4-6-28)15(27)30/h1-2,7,10,14,17H,3-6,9H2,(H2,27,30)/t14-,17+/m0/s1. The summed E-state index contributed by atoms with van der Waals surface area (Å²) in [6.45, 7) is -0.446. The Morgan fingerprint density at radius 1 is 1.12 bits per heavy atom. The number of nitrogens with two attached hydrogens (primary N) is 1. The molecule has 2 heterocycles. The number of hydrogen-bond acceptors (Lipinski definition) is 5.